The van der Waals surface area contributed by atoms with E-state index in [2.05, 4.69) is 10.6 Å². The maximum atomic E-state index is 11.4. The average molecular weight is 300 g/mol. The Bertz CT molecular complexity index is 302. The highest BCUT2D eigenvalue weighted by Gasteiger charge is 2.23. The molecule has 0 heterocycles. The van der Waals surface area contributed by atoms with Crippen LogP contribution in [0.3, 0.4) is 0 Å². The summed E-state index contributed by atoms with van der Waals surface area (Å²) in [6.07, 6.45) is 5.44. The number of amides is 1. The van der Waals surface area contributed by atoms with Crippen molar-refractivity contribution >= 4 is 6.09 Å². The summed E-state index contributed by atoms with van der Waals surface area (Å²) in [5.41, 5.74) is -0.442. The number of ether oxygens (including phenoxy) is 1. The van der Waals surface area contributed by atoms with E-state index in [1.54, 1.807) is 0 Å². The van der Waals surface area contributed by atoms with Crippen LogP contribution in [0.25, 0.3) is 0 Å². The molecule has 0 aliphatic heterocycles. The zero-order chi connectivity index (χ0) is 15.7. The van der Waals surface area contributed by atoms with E-state index in [-0.39, 0.29) is 6.09 Å². The van der Waals surface area contributed by atoms with E-state index in [1.807, 2.05) is 20.8 Å². The quantitative estimate of drug-likeness (QED) is 0.631. The van der Waals surface area contributed by atoms with Crippen LogP contribution in [0, 0.1) is 11.8 Å². The number of carbonyl (C=O) groups is 1. The van der Waals surface area contributed by atoms with Crippen molar-refractivity contribution in [1.82, 2.24) is 10.6 Å². The molecule has 0 aromatic rings. The lowest BCUT2D eigenvalue weighted by Gasteiger charge is -2.30. The molecule has 1 saturated carbocycles. The van der Waals surface area contributed by atoms with Crippen molar-refractivity contribution in [3.8, 4) is 0 Å². The molecule has 1 rings (SSSR count). The SMILES string of the molecule is CC(C)(C)OC(=O)NCCCNCC1CCCCC1CO. The predicted molar refractivity (Wildman–Crippen MR) is 84.3 cm³/mol. The van der Waals surface area contributed by atoms with E-state index in [1.165, 1.54) is 19.3 Å². The summed E-state index contributed by atoms with van der Waals surface area (Å²) in [7, 11) is 0. The van der Waals surface area contributed by atoms with Crippen LogP contribution < -0.4 is 10.6 Å². The first-order chi connectivity index (χ1) is 9.92. The fourth-order valence-electron chi connectivity index (χ4n) is 2.80. The van der Waals surface area contributed by atoms with Crippen LogP contribution >= 0.6 is 0 Å². The largest absolute Gasteiger partial charge is 0.444 e. The molecule has 1 aliphatic carbocycles. The van der Waals surface area contributed by atoms with Crippen LogP contribution in [0.1, 0.15) is 52.9 Å². The Balaban J connectivity index is 2.03. The summed E-state index contributed by atoms with van der Waals surface area (Å²) in [6, 6.07) is 0. The van der Waals surface area contributed by atoms with Crippen molar-refractivity contribution in [3.05, 3.63) is 0 Å². The fraction of sp³-hybridized carbons (Fsp3) is 0.938. The number of aliphatic hydroxyl groups is 1. The van der Waals surface area contributed by atoms with Gasteiger partial charge in [-0.15, -0.1) is 0 Å². The highest BCUT2D eigenvalue weighted by molar-refractivity contribution is 5.67. The van der Waals surface area contributed by atoms with Crippen LogP contribution in [0.4, 0.5) is 4.79 Å². The normalized spacial score (nSPS) is 22.9. The molecule has 21 heavy (non-hydrogen) atoms. The van der Waals surface area contributed by atoms with Crippen LogP contribution in [0.5, 0.6) is 0 Å². The van der Waals surface area contributed by atoms with E-state index in [0.717, 1.165) is 25.9 Å². The summed E-state index contributed by atoms with van der Waals surface area (Å²) in [5.74, 6) is 1.06. The number of rotatable bonds is 7. The van der Waals surface area contributed by atoms with Crippen molar-refractivity contribution < 1.29 is 14.6 Å². The standard InChI is InChI=1S/C16H32N2O3/c1-16(2,3)21-15(20)18-10-6-9-17-11-13-7-4-5-8-14(13)12-19/h13-14,17,19H,4-12H2,1-3H3,(H,18,20). The predicted octanol–water partition coefficient (Wildman–Crippen LogP) is 2.29. The monoisotopic (exact) mass is 300 g/mol. The van der Waals surface area contributed by atoms with E-state index in [0.29, 0.717) is 25.0 Å². The maximum absolute atomic E-state index is 11.4. The third-order valence-corrected chi connectivity index (χ3v) is 3.91. The van der Waals surface area contributed by atoms with Gasteiger partial charge in [0.2, 0.25) is 0 Å². The van der Waals surface area contributed by atoms with Crippen LogP contribution in [0.15, 0.2) is 0 Å². The van der Waals surface area contributed by atoms with Gasteiger partial charge >= 0.3 is 6.09 Å². The summed E-state index contributed by atoms with van der Waals surface area (Å²) in [4.78, 5) is 11.4. The number of hydrogen-bond donors (Lipinski definition) is 3. The molecule has 1 fully saturated rings. The van der Waals surface area contributed by atoms with Crippen molar-refractivity contribution in [3.63, 3.8) is 0 Å². The van der Waals surface area contributed by atoms with Crippen LogP contribution in [-0.4, -0.2) is 43.0 Å². The van der Waals surface area contributed by atoms with Gasteiger partial charge in [-0.1, -0.05) is 12.8 Å². The Labute approximate surface area is 128 Å². The van der Waals surface area contributed by atoms with Crippen molar-refractivity contribution in [1.29, 1.82) is 0 Å². The van der Waals surface area contributed by atoms with Gasteiger partial charge in [0.25, 0.3) is 0 Å². The van der Waals surface area contributed by atoms with E-state index < -0.39 is 5.60 Å². The second kappa shape index (κ2) is 9.26. The van der Waals surface area contributed by atoms with Gasteiger partial charge in [0.05, 0.1) is 0 Å². The highest BCUT2D eigenvalue weighted by atomic mass is 16.6. The van der Waals surface area contributed by atoms with Crippen LogP contribution in [-0.2, 0) is 4.74 Å². The van der Waals surface area contributed by atoms with Gasteiger partial charge < -0.3 is 20.5 Å². The molecular formula is C16H32N2O3. The summed E-state index contributed by atoms with van der Waals surface area (Å²) < 4.78 is 5.17. The second-order valence-corrected chi connectivity index (χ2v) is 6.97. The first-order valence-electron chi connectivity index (χ1n) is 8.21. The van der Waals surface area contributed by atoms with Gasteiger partial charge in [-0.2, -0.15) is 0 Å². The molecule has 2 atom stereocenters. The van der Waals surface area contributed by atoms with Crippen molar-refractivity contribution in [2.45, 2.75) is 58.5 Å². The first kappa shape index (κ1) is 18.2. The highest BCUT2D eigenvalue weighted by Crippen LogP contribution is 2.28. The van der Waals surface area contributed by atoms with Gasteiger partial charge in [-0.25, -0.2) is 4.79 Å². The first-order valence-corrected chi connectivity index (χ1v) is 8.21. The summed E-state index contributed by atoms with van der Waals surface area (Å²) >= 11 is 0. The molecular weight excluding hydrogens is 268 g/mol. The minimum Gasteiger partial charge on any atom is -0.444 e. The summed E-state index contributed by atoms with van der Waals surface area (Å²) in [6.45, 7) is 8.35. The van der Waals surface area contributed by atoms with E-state index in [4.69, 9.17) is 4.74 Å². The topological polar surface area (TPSA) is 70.6 Å². The summed E-state index contributed by atoms with van der Waals surface area (Å²) in [5, 5.41) is 15.6. The molecule has 0 saturated heterocycles. The van der Waals surface area contributed by atoms with Gasteiger partial charge in [-0.3, -0.25) is 0 Å². The lowest BCUT2D eigenvalue weighted by molar-refractivity contribution is 0.0527. The van der Waals surface area contributed by atoms with E-state index >= 15 is 0 Å². The van der Waals surface area contributed by atoms with Crippen molar-refractivity contribution in [2.75, 3.05) is 26.2 Å². The molecule has 0 radical (unpaired) electrons. The van der Waals surface area contributed by atoms with Crippen LogP contribution in [0.2, 0.25) is 0 Å². The molecule has 2 unspecified atom stereocenters. The molecule has 5 nitrogen and oxygen atoms in total. The van der Waals surface area contributed by atoms with Crippen molar-refractivity contribution in [2.24, 2.45) is 11.8 Å². The molecule has 1 aliphatic rings. The Morgan fingerprint density at radius 1 is 1.19 bits per heavy atom. The third kappa shape index (κ3) is 8.27. The zero-order valence-electron chi connectivity index (χ0n) is 13.8. The molecule has 0 aromatic heterocycles. The Morgan fingerprint density at radius 3 is 2.48 bits per heavy atom. The van der Waals surface area contributed by atoms with Gasteiger partial charge in [0.15, 0.2) is 0 Å². The molecule has 0 spiro atoms. The molecule has 5 heteroatoms. The number of nitrogens with one attached hydrogen (secondary N) is 2. The Kier molecular flexibility index (Phi) is 8.04. The fourth-order valence-corrected chi connectivity index (χ4v) is 2.80. The molecule has 124 valence electrons. The lowest BCUT2D eigenvalue weighted by Crippen LogP contribution is -2.35. The average Bonchev–Trinajstić information content (AvgIpc) is 2.41. The Hall–Kier alpha value is -0.810. The molecule has 0 aromatic carbocycles. The minimum absolute atomic E-state index is 0.312. The molecule has 1 amide bonds. The second-order valence-electron chi connectivity index (χ2n) is 6.97. The number of aliphatic hydroxyl groups excluding tert-OH is 1. The molecule has 0 bridgehead atoms. The number of alkyl carbamates (subject to hydrolysis) is 1. The Morgan fingerprint density at radius 2 is 1.86 bits per heavy atom. The third-order valence-electron chi connectivity index (χ3n) is 3.91. The zero-order valence-corrected chi connectivity index (χ0v) is 13.8. The van der Waals surface area contributed by atoms with E-state index in [9.17, 15) is 9.90 Å². The maximum Gasteiger partial charge on any atom is 0.407 e. The molecule has 3 N–H and O–H groups in total. The van der Waals surface area contributed by atoms with Gasteiger partial charge in [0, 0.05) is 13.2 Å². The smallest absolute Gasteiger partial charge is 0.407 e. The number of carbonyl (C=O) groups excluding carboxylic acids is 1. The van der Waals surface area contributed by atoms with Gasteiger partial charge in [-0.05, 0) is 65.0 Å². The number of hydrogen-bond acceptors (Lipinski definition) is 4. The minimum atomic E-state index is -0.442. The lowest BCUT2D eigenvalue weighted by atomic mass is 9.79. The van der Waals surface area contributed by atoms with Gasteiger partial charge in [0.1, 0.15) is 5.60 Å².